The summed E-state index contributed by atoms with van der Waals surface area (Å²) in [5, 5.41) is 0. The van der Waals surface area contributed by atoms with Crippen molar-refractivity contribution in [2.75, 3.05) is 0 Å². The number of benzene rings is 1. The topological polar surface area (TPSA) is 38.0 Å². The first-order valence-electron chi connectivity index (χ1n) is 5.43. The molecule has 0 unspecified atom stereocenters. The van der Waals surface area contributed by atoms with Gasteiger partial charge in [0.15, 0.2) is 0 Å². The first-order valence-corrected chi connectivity index (χ1v) is 5.43. The summed E-state index contributed by atoms with van der Waals surface area (Å²) in [6.45, 7) is 0. The molecular weight excluding hydrogens is 172 g/mol. The van der Waals surface area contributed by atoms with E-state index in [9.17, 15) is 0 Å². The molecule has 1 atom stereocenters. The Morgan fingerprint density at radius 2 is 1.79 bits per heavy atom. The second-order valence-electron chi connectivity index (χ2n) is 4.10. The lowest BCUT2D eigenvalue weighted by Crippen LogP contribution is -2.32. The molecule has 1 saturated carbocycles. The zero-order chi connectivity index (χ0) is 9.80. The van der Waals surface area contributed by atoms with E-state index in [0.717, 1.165) is 5.92 Å². The van der Waals surface area contributed by atoms with Crippen molar-refractivity contribution in [2.24, 2.45) is 11.8 Å². The quantitative estimate of drug-likeness (QED) is 0.567. The van der Waals surface area contributed by atoms with Gasteiger partial charge in [-0.25, -0.2) is 0 Å². The first-order chi connectivity index (χ1) is 6.92. The van der Waals surface area contributed by atoms with E-state index in [2.05, 4.69) is 29.7 Å². The van der Waals surface area contributed by atoms with Gasteiger partial charge >= 0.3 is 0 Å². The van der Waals surface area contributed by atoms with Gasteiger partial charge in [-0.3, -0.25) is 11.3 Å². The van der Waals surface area contributed by atoms with Crippen LogP contribution in [-0.4, -0.2) is 0 Å². The fourth-order valence-electron chi connectivity index (χ4n) is 2.46. The Labute approximate surface area is 85.5 Å². The van der Waals surface area contributed by atoms with Crippen molar-refractivity contribution in [1.29, 1.82) is 0 Å². The van der Waals surface area contributed by atoms with Crippen molar-refractivity contribution in [2.45, 2.75) is 31.7 Å². The molecule has 14 heavy (non-hydrogen) atoms. The minimum Gasteiger partial charge on any atom is -0.271 e. The largest absolute Gasteiger partial charge is 0.271 e. The van der Waals surface area contributed by atoms with Gasteiger partial charge in [0.25, 0.3) is 0 Å². The Morgan fingerprint density at radius 3 is 2.36 bits per heavy atom. The second kappa shape index (κ2) is 4.58. The molecule has 0 spiro atoms. The summed E-state index contributed by atoms with van der Waals surface area (Å²) < 4.78 is 0. The van der Waals surface area contributed by atoms with E-state index >= 15 is 0 Å². The number of hydrogen-bond donors (Lipinski definition) is 2. The third-order valence-electron chi connectivity index (χ3n) is 3.21. The highest BCUT2D eigenvalue weighted by molar-refractivity contribution is 5.19. The van der Waals surface area contributed by atoms with Crippen LogP contribution in [0.4, 0.5) is 0 Å². The monoisotopic (exact) mass is 190 g/mol. The van der Waals surface area contributed by atoms with Crippen LogP contribution in [0, 0.1) is 5.92 Å². The van der Waals surface area contributed by atoms with Crippen molar-refractivity contribution in [3.05, 3.63) is 35.9 Å². The maximum atomic E-state index is 5.63. The highest BCUT2D eigenvalue weighted by atomic mass is 15.2. The van der Waals surface area contributed by atoms with Crippen molar-refractivity contribution in [3.8, 4) is 0 Å². The predicted molar refractivity (Wildman–Crippen MR) is 58.5 cm³/mol. The molecule has 1 aliphatic rings. The Kier molecular flexibility index (Phi) is 3.17. The molecule has 2 rings (SSSR count). The van der Waals surface area contributed by atoms with Gasteiger partial charge in [0, 0.05) is 6.04 Å². The molecule has 1 fully saturated rings. The molecule has 0 saturated heterocycles. The molecule has 76 valence electrons. The Bertz CT molecular complexity index is 265. The molecule has 1 aromatic rings. The minimum absolute atomic E-state index is 0.346. The molecule has 0 heterocycles. The van der Waals surface area contributed by atoms with E-state index in [1.54, 1.807) is 0 Å². The van der Waals surface area contributed by atoms with Crippen molar-refractivity contribution >= 4 is 0 Å². The number of hydrogen-bond acceptors (Lipinski definition) is 2. The lowest BCUT2D eigenvalue weighted by Gasteiger charge is -2.22. The average Bonchev–Trinajstić information content (AvgIpc) is 2.74. The summed E-state index contributed by atoms with van der Waals surface area (Å²) in [5.74, 6) is 6.36. The zero-order valence-electron chi connectivity index (χ0n) is 8.45. The Morgan fingerprint density at radius 1 is 1.14 bits per heavy atom. The summed E-state index contributed by atoms with van der Waals surface area (Å²) in [6.07, 6.45) is 5.33. The zero-order valence-corrected chi connectivity index (χ0v) is 8.45. The molecule has 0 bridgehead atoms. The lowest BCUT2D eigenvalue weighted by atomic mass is 9.92. The highest BCUT2D eigenvalue weighted by Gasteiger charge is 2.24. The van der Waals surface area contributed by atoms with Gasteiger partial charge in [-0.15, -0.1) is 0 Å². The standard InChI is InChI=1S/C12H18N2/c13-14-12(11-8-4-5-9-11)10-6-2-1-3-7-10/h1-3,6-7,11-12,14H,4-5,8-9,13H2/t12-/m1/s1. The average molecular weight is 190 g/mol. The second-order valence-corrected chi connectivity index (χ2v) is 4.10. The minimum atomic E-state index is 0.346. The molecule has 0 aliphatic heterocycles. The first kappa shape index (κ1) is 9.69. The van der Waals surface area contributed by atoms with Crippen LogP contribution in [0.25, 0.3) is 0 Å². The summed E-state index contributed by atoms with van der Waals surface area (Å²) in [6, 6.07) is 10.9. The summed E-state index contributed by atoms with van der Waals surface area (Å²) >= 11 is 0. The van der Waals surface area contributed by atoms with Crippen LogP contribution >= 0.6 is 0 Å². The van der Waals surface area contributed by atoms with E-state index in [-0.39, 0.29) is 0 Å². The van der Waals surface area contributed by atoms with Crippen LogP contribution in [-0.2, 0) is 0 Å². The number of rotatable bonds is 3. The van der Waals surface area contributed by atoms with Crippen LogP contribution in [0.3, 0.4) is 0 Å². The SMILES string of the molecule is NN[C@H](c1ccccc1)C1CCCC1. The van der Waals surface area contributed by atoms with E-state index < -0.39 is 0 Å². The van der Waals surface area contributed by atoms with E-state index in [4.69, 9.17) is 5.84 Å². The molecular formula is C12H18N2. The molecule has 0 radical (unpaired) electrons. The molecule has 2 heteroatoms. The molecule has 2 nitrogen and oxygen atoms in total. The molecule has 1 aromatic carbocycles. The fraction of sp³-hybridized carbons (Fsp3) is 0.500. The van der Waals surface area contributed by atoms with Crippen molar-refractivity contribution in [3.63, 3.8) is 0 Å². The lowest BCUT2D eigenvalue weighted by molar-refractivity contribution is 0.373. The van der Waals surface area contributed by atoms with Gasteiger partial charge in [0.1, 0.15) is 0 Å². The van der Waals surface area contributed by atoms with Crippen molar-refractivity contribution < 1.29 is 0 Å². The van der Waals surface area contributed by atoms with Gasteiger partial charge in [-0.1, -0.05) is 43.2 Å². The van der Waals surface area contributed by atoms with Crippen LogP contribution in [0.2, 0.25) is 0 Å². The summed E-state index contributed by atoms with van der Waals surface area (Å²) in [4.78, 5) is 0. The normalized spacial score (nSPS) is 19.8. The van der Waals surface area contributed by atoms with Gasteiger partial charge in [0.2, 0.25) is 0 Å². The molecule has 3 N–H and O–H groups in total. The highest BCUT2D eigenvalue weighted by Crippen LogP contribution is 2.34. The van der Waals surface area contributed by atoms with Crippen LogP contribution in [0.5, 0.6) is 0 Å². The third kappa shape index (κ3) is 1.97. The number of nitrogens with two attached hydrogens (primary N) is 1. The molecule has 1 aliphatic carbocycles. The molecule has 0 amide bonds. The number of hydrazine groups is 1. The predicted octanol–water partition coefficient (Wildman–Crippen LogP) is 2.38. The fourth-order valence-corrected chi connectivity index (χ4v) is 2.46. The van der Waals surface area contributed by atoms with Gasteiger partial charge < -0.3 is 0 Å². The van der Waals surface area contributed by atoms with Crippen LogP contribution < -0.4 is 11.3 Å². The maximum absolute atomic E-state index is 5.63. The molecule has 0 aromatic heterocycles. The van der Waals surface area contributed by atoms with Crippen LogP contribution in [0.15, 0.2) is 30.3 Å². The van der Waals surface area contributed by atoms with E-state index in [1.807, 2.05) is 6.07 Å². The smallest absolute Gasteiger partial charge is 0.0488 e. The maximum Gasteiger partial charge on any atom is 0.0488 e. The van der Waals surface area contributed by atoms with Gasteiger partial charge in [-0.2, -0.15) is 0 Å². The Balaban J connectivity index is 2.12. The van der Waals surface area contributed by atoms with Gasteiger partial charge in [0.05, 0.1) is 0 Å². The summed E-state index contributed by atoms with van der Waals surface area (Å²) in [5.41, 5.74) is 4.28. The third-order valence-corrected chi connectivity index (χ3v) is 3.21. The number of nitrogens with one attached hydrogen (secondary N) is 1. The van der Waals surface area contributed by atoms with E-state index in [1.165, 1.54) is 31.2 Å². The van der Waals surface area contributed by atoms with Crippen LogP contribution in [0.1, 0.15) is 37.3 Å². The Hall–Kier alpha value is -0.860. The van der Waals surface area contributed by atoms with Gasteiger partial charge in [-0.05, 0) is 24.3 Å². The van der Waals surface area contributed by atoms with Crippen molar-refractivity contribution in [1.82, 2.24) is 5.43 Å². The van der Waals surface area contributed by atoms with E-state index in [0.29, 0.717) is 6.04 Å². The summed E-state index contributed by atoms with van der Waals surface area (Å²) in [7, 11) is 0.